The number of nitrogens with zero attached hydrogens (tertiary/aromatic N) is 5. The first-order valence-electron chi connectivity index (χ1n) is 11.8. The maximum absolute atomic E-state index is 13.8. The summed E-state index contributed by atoms with van der Waals surface area (Å²) >= 11 is 0. The van der Waals surface area contributed by atoms with Gasteiger partial charge in [0.05, 0.1) is 18.3 Å². The number of carbonyl (C=O) groups excluding carboxylic acids is 2. The number of aliphatic hydroxyl groups is 1. The molecule has 0 spiro atoms. The number of β-amino-alcohol motifs (C(OH)–C–C–N with tert-alkyl or cyclic N) is 1. The zero-order valence-corrected chi connectivity index (χ0v) is 19.4. The van der Waals surface area contributed by atoms with E-state index in [2.05, 4.69) is 20.6 Å². The normalized spacial score (nSPS) is 24.2. The van der Waals surface area contributed by atoms with Gasteiger partial charge in [-0.3, -0.25) is 9.59 Å². The van der Waals surface area contributed by atoms with Crippen LogP contribution >= 0.6 is 0 Å². The highest BCUT2D eigenvalue weighted by atomic mass is 16.3. The summed E-state index contributed by atoms with van der Waals surface area (Å²) in [5.74, 6) is 1.13. The minimum atomic E-state index is -0.753. The molecule has 5 rings (SSSR count). The van der Waals surface area contributed by atoms with Crippen molar-refractivity contribution in [3.63, 3.8) is 0 Å². The molecule has 0 radical (unpaired) electrons. The van der Waals surface area contributed by atoms with Crippen LogP contribution in [0.3, 0.4) is 0 Å². The molecule has 33 heavy (non-hydrogen) atoms. The van der Waals surface area contributed by atoms with Crippen molar-refractivity contribution < 1.29 is 19.1 Å². The molecule has 2 aromatic heterocycles. The fourth-order valence-electron chi connectivity index (χ4n) is 4.70. The average Bonchev–Trinajstić information content (AvgIpc) is 3.65. The van der Waals surface area contributed by atoms with Crippen LogP contribution in [0.5, 0.6) is 0 Å². The first-order chi connectivity index (χ1) is 15.7. The van der Waals surface area contributed by atoms with E-state index in [1.54, 1.807) is 4.68 Å². The van der Waals surface area contributed by atoms with Crippen molar-refractivity contribution in [2.45, 2.75) is 89.4 Å². The summed E-state index contributed by atoms with van der Waals surface area (Å²) in [5, 5.41) is 21.8. The van der Waals surface area contributed by atoms with E-state index in [-0.39, 0.29) is 31.3 Å². The Morgan fingerprint density at radius 3 is 2.64 bits per heavy atom. The van der Waals surface area contributed by atoms with E-state index in [9.17, 15) is 14.7 Å². The Bertz CT molecular complexity index is 1030. The smallest absolute Gasteiger partial charge is 0.248 e. The van der Waals surface area contributed by atoms with Crippen LogP contribution in [0.2, 0.25) is 0 Å². The molecule has 10 heteroatoms. The zero-order valence-electron chi connectivity index (χ0n) is 19.4. The molecule has 10 nitrogen and oxygen atoms in total. The molecule has 0 bridgehead atoms. The monoisotopic (exact) mass is 456 g/mol. The van der Waals surface area contributed by atoms with Crippen molar-refractivity contribution in [2.75, 3.05) is 6.54 Å². The predicted octanol–water partition coefficient (Wildman–Crippen LogP) is 1.89. The quantitative estimate of drug-likeness (QED) is 0.651. The van der Waals surface area contributed by atoms with Gasteiger partial charge >= 0.3 is 0 Å². The number of aliphatic hydroxyl groups excluding tert-OH is 1. The van der Waals surface area contributed by atoms with Gasteiger partial charge in [-0.05, 0) is 31.1 Å². The number of carbonyl (C=O) groups is 2. The number of rotatable bonds is 7. The Labute approximate surface area is 192 Å². The number of hydrogen-bond donors (Lipinski definition) is 2. The lowest BCUT2D eigenvalue weighted by Gasteiger charge is -2.34. The molecular formula is C23H32N6O4. The van der Waals surface area contributed by atoms with Crippen molar-refractivity contribution >= 4 is 11.8 Å². The molecule has 3 heterocycles. The van der Waals surface area contributed by atoms with Crippen LogP contribution in [0.1, 0.15) is 87.9 Å². The highest BCUT2D eigenvalue weighted by Crippen LogP contribution is 2.42. The van der Waals surface area contributed by atoms with Crippen molar-refractivity contribution in [3.8, 4) is 0 Å². The Balaban J connectivity index is 1.32. The number of likely N-dealkylation sites (tertiary alicyclic amines) is 1. The summed E-state index contributed by atoms with van der Waals surface area (Å²) in [6.45, 7) is 6.27. The van der Waals surface area contributed by atoms with Gasteiger partial charge in [-0.25, -0.2) is 9.67 Å². The summed E-state index contributed by atoms with van der Waals surface area (Å²) in [6.07, 6.45) is 7.06. The fraction of sp³-hybridized carbons (Fsp3) is 0.696. The van der Waals surface area contributed by atoms with Gasteiger partial charge in [-0.2, -0.15) is 0 Å². The van der Waals surface area contributed by atoms with Crippen molar-refractivity contribution in [2.24, 2.45) is 5.41 Å². The lowest BCUT2D eigenvalue weighted by atomic mass is 9.85. The molecule has 1 aliphatic heterocycles. The molecule has 178 valence electrons. The highest BCUT2D eigenvalue weighted by Gasteiger charge is 2.45. The van der Waals surface area contributed by atoms with E-state index < -0.39 is 23.6 Å². The van der Waals surface area contributed by atoms with E-state index in [1.165, 1.54) is 11.3 Å². The van der Waals surface area contributed by atoms with Crippen LogP contribution < -0.4 is 5.32 Å². The number of amides is 2. The number of oxazole rings is 1. The summed E-state index contributed by atoms with van der Waals surface area (Å²) in [5.41, 5.74) is 1.18. The van der Waals surface area contributed by atoms with E-state index in [0.717, 1.165) is 42.8 Å². The minimum absolute atomic E-state index is 0.116. The Hall–Kier alpha value is -2.75. The molecule has 2 amide bonds. The van der Waals surface area contributed by atoms with Gasteiger partial charge in [0, 0.05) is 31.0 Å². The SMILES string of the molecule is CC(C)(C)[C@@H](C(=O)N1C[C@H](O)C[C@H]1C(=O)NCc1ncoc1C1CC1)n1cc(C2CC2)nn1. The van der Waals surface area contributed by atoms with E-state index >= 15 is 0 Å². The standard InChI is InChI=1S/C23H32N6O4/c1-23(2,3)20(29-11-17(26-27-29)13-4-5-13)22(32)28-10-15(30)8-18(28)21(31)24-9-16-19(14-6-7-14)33-12-25-16/h11-15,18,20,30H,4-10H2,1-3H3,(H,24,31)/t15-,18+,20-/m1/s1. The van der Waals surface area contributed by atoms with Gasteiger partial charge in [0.15, 0.2) is 6.39 Å². The van der Waals surface area contributed by atoms with E-state index in [4.69, 9.17) is 4.42 Å². The molecule has 0 unspecified atom stereocenters. The second kappa shape index (κ2) is 8.23. The molecular weight excluding hydrogens is 424 g/mol. The third-order valence-electron chi connectivity index (χ3n) is 6.76. The molecule has 3 aliphatic rings. The van der Waals surface area contributed by atoms with Gasteiger partial charge in [0.2, 0.25) is 11.8 Å². The van der Waals surface area contributed by atoms with Crippen LogP contribution in [0, 0.1) is 5.41 Å². The molecule has 1 saturated heterocycles. The van der Waals surface area contributed by atoms with Crippen LogP contribution in [-0.2, 0) is 16.1 Å². The Morgan fingerprint density at radius 2 is 1.97 bits per heavy atom. The third-order valence-corrected chi connectivity index (χ3v) is 6.76. The van der Waals surface area contributed by atoms with Crippen LogP contribution in [0.15, 0.2) is 17.0 Å². The van der Waals surface area contributed by atoms with Crippen molar-refractivity contribution in [1.29, 1.82) is 0 Å². The minimum Gasteiger partial charge on any atom is -0.448 e. The molecule has 2 saturated carbocycles. The van der Waals surface area contributed by atoms with Crippen LogP contribution in [0.4, 0.5) is 0 Å². The fourth-order valence-corrected chi connectivity index (χ4v) is 4.70. The molecule has 2 aromatic rings. The molecule has 2 N–H and O–H groups in total. The summed E-state index contributed by atoms with van der Waals surface area (Å²) in [4.78, 5) is 32.6. The van der Waals surface area contributed by atoms with Gasteiger partial charge in [0.25, 0.3) is 0 Å². The van der Waals surface area contributed by atoms with Gasteiger partial charge in [0.1, 0.15) is 23.5 Å². The zero-order chi connectivity index (χ0) is 23.3. The highest BCUT2D eigenvalue weighted by molar-refractivity contribution is 5.90. The molecule has 3 fully saturated rings. The first kappa shape index (κ1) is 22.1. The maximum Gasteiger partial charge on any atom is 0.248 e. The largest absolute Gasteiger partial charge is 0.448 e. The molecule has 2 aliphatic carbocycles. The lowest BCUT2D eigenvalue weighted by molar-refractivity contribution is -0.144. The van der Waals surface area contributed by atoms with Gasteiger partial charge in [-0.1, -0.05) is 26.0 Å². The summed E-state index contributed by atoms with van der Waals surface area (Å²) < 4.78 is 7.11. The lowest BCUT2D eigenvalue weighted by Crippen LogP contribution is -2.50. The van der Waals surface area contributed by atoms with Gasteiger partial charge in [-0.15, -0.1) is 5.10 Å². The van der Waals surface area contributed by atoms with E-state index in [1.807, 2.05) is 27.0 Å². The second-order valence-electron chi connectivity index (χ2n) is 10.7. The average molecular weight is 457 g/mol. The number of hydrogen-bond acceptors (Lipinski definition) is 7. The molecule has 0 aromatic carbocycles. The number of aromatic nitrogens is 4. The summed E-state index contributed by atoms with van der Waals surface area (Å²) in [7, 11) is 0. The Morgan fingerprint density at radius 1 is 1.24 bits per heavy atom. The molecule has 3 atom stereocenters. The van der Waals surface area contributed by atoms with Crippen molar-refractivity contribution in [3.05, 3.63) is 29.7 Å². The first-order valence-corrected chi connectivity index (χ1v) is 11.8. The van der Waals surface area contributed by atoms with Crippen LogP contribution in [-0.4, -0.2) is 60.5 Å². The Kier molecular flexibility index (Phi) is 5.50. The van der Waals surface area contributed by atoms with Crippen molar-refractivity contribution in [1.82, 2.24) is 30.2 Å². The number of nitrogens with one attached hydrogen (secondary N) is 1. The maximum atomic E-state index is 13.8. The van der Waals surface area contributed by atoms with Gasteiger partial charge < -0.3 is 19.7 Å². The second-order valence-corrected chi connectivity index (χ2v) is 10.7. The van der Waals surface area contributed by atoms with E-state index in [0.29, 0.717) is 11.8 Å². The van der Waals surface area contributed by atoms with Crippen LogP contribution in [0.25, 0.3) is 0 Å². The third kappa shape index (κ3) is 4.53. The summed E-state index contributed by atoms with van der Waals surface area (Å²) in [6, 6.07) is -1.38. The topological polar surface area (TPSA) is 126 Å². The predicted molar refractivity (Wildman–Crippen MR) is 117 cm³/mol.